The van der Waals surface area contributed by atoms with E-state index >= 15 is 0 Å². The molecule has 7 nitrogen and oxygen atoms in total. The molecule has 0 atom stereocenters. The average Bonchev–Trinajstić information content (AvgIpc) is 2.93. The van der Waals surface area contributed by atoms with Gasteiger partial charge in [-0.25, -0.2) is 0 Å². The zero-order valence-electron chi connectivity index (χ0n) is 15.2. The van der Waals surface area contributed by atoms with Crippen molar-refractivity contribution in [2.24, 2.45) is 0 Å². The molecule has 150 valence electrons. The van der Waals surface area contributed by atoms with Gasteiger partial charge in [0.1, 0.15) is 21.6 Å². The highest BCUT2D eigenvalue weighted by Gasteiger charge is 2.31. The number of nitrogens with zero attached hydrogens (tertiary/aromatic N) is 1. The number of thiocarbonyl (C=S) groups is 1. The molecule has 1 aliphatic rings. The van der Waals surface area contributed by atoms with Crippen molar-refractivity contribution < 1.29 is 24.9 Å². The summed E-state index contributed by atoms with van der Waals surface area (Å²) in [6, 6.07) is 10.3. The highest BCUT2D eigenvalue weighted by Crippen LogP contribution is 2.34. The molecule has 4 N–H and O–H groups in total. The highest BCUT2D eigenvalue weighted by atomic mass is 32.2. The molecule has 0 bridgehead atoms. The molecule has 2 aromatic rings. The van der Waals surface area contributed by atoms with Gasteiger partial charge in [0.25, 0.3) is 5.91 Å². The summed E-state index contributed by atoms with van der Waals surface area (Å²) < 4.78 is 0.387. The first kappa shape index (κ1) is 20.7. The topological polar surface area (TPSA) is 110 Å². The number of phenolic OH excluding ortho intramolecular Hbond substituents is 3. The number of nitrogens with one attached hydrogen (secondary N) is 1. The predicted molar refractivity (Wildman–Crippen MR) is 116 cm³/mol. The van der Waals surface area contributed by atoms with Crippen LogP contribution in [-0.4, -0.2) is 42.9 Å². The third-order valence-corrected chi connectivity index (χ3v) is 5.49. The van der Waals surface area contributed by atoms with Crippen LogP contribution in [0.1, 0.15) is 18.4 Å². The van der Waals surface area contributed by atoms with Crippen molar-refractivity contribution in [2.75, 3.05) is 11.9 Å². The predicted octanol–water partition coefficient (Wildman–Crippen LogP) is 3.42. The van der Waals surface area contributed by atoms with Crippen LogP contribution in [0.4, 0.5) is 5.69 Å². The molecule has 0 aliphatic carbocycles. The van der Waals surface area contributed by atoms with Crippen LogP contribution in [0.3, 0.4) is 0 Å². The van der Waals surface area contributed by atoms with Gasteiger partial charge in [0.05, 0.1) is 4.91 Å². The number of benzene rings is 2. The molecule has 9 heteroatoms. The van der Waals surface area contributed by atoms with Crippen molar-refractivity contribution in [3.05, 3.63) is 52.9 Å². The van der Waals surface area contributed by atoms with Crippen LogP contribution in [-0.2, 0) is 9.59 Å². The van der Waals surface area contributed by atoms with Gasteiger partial charge in [-0.15, -0.1) is 0 Å². The van der Waals surface area contributed by atoms with E-state index in [1.54, 1.807) is 12.1 Å². The molecule has 1 aliphatic heterocycles. The largest absolute Gasteiger partial charge is 0.508 e. The van der Waals surface area contributed by atoms with Gasteiger partial charge in [-0.05, 0) is 48.9 Å². The van der Waals surface area contributed by atoms with Crippen LogP contribution in [0.15, 0.2) is 47.4 Å². The Morgan fingerprint density at radius 1 is 1.10 bits per heavy atom. The van der Waals surface area contributed by atoms with E-state index in [9.17, 15) is 24.9 Å². The third kappa shape index (κ3) is 5.27. The molecule has 0 aromatic heterocycles. The minimum atomic E-state index is -0.286. The molecule has 1 saturated heterocycles. The fourth-order valence-corrected chi connectivity index (χ4v) is 3.95. The summed E-state index contributed by atoms with van der Waals surface area (Å²) >= 11 is 6.38. The van der Waals surface area contributed by atoms with Crippen LogP contribution in [0.2, 0.25) is 0 Å². The first-order chi connectivity index (χ1) is 13.8. The standard InChI is InChI=1S/C20H18N2O5S2/c23-14-7-4-13(5-8-14)21-18(26)2-1-9-22-19(27)17(29-20(22)28)10-12-3-6-15(24)11-16(12)25/h3-8,10-11,23-25H,1-2,9H2,(H,21,26)/b17-10-. The Bertz CT molecular complexity index is 989. The van der Waals surface area contributed by atoms with Gasteiger partial charge in [-0.3, -0.25) is 14.5 Å². The Labute approximate surface area is 176 Å². The van der Waals surface area contributed by atoms with Gasteiger partial charge >= 0.3 is 0 Å². The second-order valence-corrected chi connectivity index (χ2v) is 7.95. The third-order valence-electron chi connectivity index (χ3n) is 4.11. The van der Waals surface area contributed by atoms with E-state index in [2.05, 4.69) is 5.32 Å². The van der Waals surface area contributed by atoms with Crippen LogP contribution in [0.25, 0.3) is 6.08 Å². The van der Waals surface area contributed by atoms with Crippen LogP contribution in [0.5, 0.6) is 17.2 Å². The van der Waals surface area contributed by atoms with E-state index in [1.807, 2.05) is 0 Å². The summed E-state index contributed by atoms with van der Waals surface area (Å²) in [5, 5.41) is 31.2. The summed E-state index contributed by atoms with van der Waals surface area (Å²) in [5.74, 6) is -0.581. The number of anilines is 1. The van der Waals surface area contributed by atoms with Crippen molar-refractivity contribution in [2.45, 2.75) is 12.8 Å². The fourth-order valence-electron chi connectivity index (χ4n) is 2.65. The average molecular weight is 431 g/mol. The zero-order valence-corrected chi connectivity index (χ0v) is 16.8. The molecule has 0 spiro atoms. The summed E-state index contributed by atoms with van der Waals surface area (Å²) in [5.41, 5.74) is 0.978. The van der Waals surface area contributed by atoms with Crippen molar-refractivity contribution in [1.29, 1.82) is 0 Å². The van der Waals surface area contributed by atoms with E-state index in [0.29, 0.717) is 33.4 Å². The number of carbonyl (C=O) groups is 2. The minimum Gasteiger partial charge on any atom is -0.508 e. The molecule has 0 saturated carbocycles. The maximum absolute atomic E-state index is 12.6. The van der Waals surface area contributed by atoms with Crippen LogP contribution in [0, 0.1) is 0 Å². The molecule has 2 amide bonds. The van der Waals surface area contributed by atoms with Crippen molar-refractivity contribution in [3.63, 3.8) is 0 Å². The van der Waals surface area contributed by atoms with Gasteiger partial charge in [0, 0.05) is 30.3 Å². The van der Waals surface area contributed by atoms with Gasteiger partial charge in [-0.2, -0.15) is 0 Å². The number of aromatic hydroxyl groups is 3. The van der Waals surface area contributed by atoms with Crippen LogP contribution < -0.4 is 5.32 Å². The molecule has 2 aromatic carbocycles. The van der Waals surface area contributed by atoms with Crippen molar-refractivity contribution in [3.8, 4) is 17.2 Å². The van der Waals surface area contributed by atoms with Gasteiger partial charge in [-0.1, -0.05) is 24.0 Å². The molecular weight excluding hydrogens is 412 g/mol. The molecule has 0 unspecified atom stereocenters. The monoisotopic (exact) mass is 430 g/mol. The normalized spacial score (nSPS) is 15.2. The lowest BCUT2D eigenvalue weighted by Gasteiger charge is -2.14. The molecule has 3 rings (SSSR count). The fraction of sp³-hybridized carbons (Fsp3) is 0.150. The molecular formula is C20H18N2O5S2. The second kappa shape index (κ2) is 8.97. The lowest BCUT2D eigenvalue weighted by Crippen LogP contribution is -2.29. The highest BCUT2D eigenvalue weighted by molar-refractivity contribution is 8.26. The van der Waals surface area contributed by atoms with Crippen LogP contribution >= 0.6 is 24.0 Å². The Morgan fingerprint density at radius 3 is 2.48 bits per heavy atom. The molecule has 1 fully saturated rings. The Morgan fingerprint density at radius 2 is 1.79 bits per heavy atom. The minimum absolute atomic E-state index is 0.0715. The summed E-state index contributed by atoms with van der Waals surface area (Å²) in [6.45, 7) is 0.298. The van der Waals surface area contributed by atoms with Crippen molar-refractivity contribution in [1.82, 2.24) is 4.90 Å². The Balaban J connectivity index is 1.55. The second-order valence-electron chi connectivity index (χ2n) is 6.28. The number of amides is 2. The smallest absolute Gasteiger partial charge is 0.266 e. The quantitative estimate of drug-likeness (QED) is 0.316. The number of hydrogen-bond acceptors (Lipinski definition) is 7. The number of hydrogen-bond donors (Lipinski definition) is 4. The number of thioether (sulfide) groups is 1. The van der Waals surface area contributed by atoms with E-state index in [0.717, 1.165) is 11.8 Å². The Kier molecular flexibility index (Phi) is 6.40. The summed E-state index contributed by atoms with van der Waals surface area (Å²) in [7, 11) is 0. The first-order valence-electron chi connectivity index (χ1n) is 8.70. The molecule has 29 heavy (non-hydrogen) atoms. The zero-order chi connectivity index (χ0) is 21.0. The van der Waals surface area contributed by atoms with E-state index < -0.39 is 0 Å². The summed E-state index contributed by atoms with van der Waals surface area (Å²) in [4.78, 5) is 26.4. The first-order valence-corrected chi connectivity index (χ1v) is 9.92. The number of carbonyl (C=O) groups excluding carboxylic acids is 2. The van der Waals surface area contributed by atoms with E-state index in [1.165, 1.54) is 41.3 Å². The van der Waals surface area contributed by atoms with Gasteiger partial charge in [0.2, 0.25) is 5.91 Å². The Hall–Kier alpha value is -3.04. The van der Waals surface area contributed by atoms with Crippen molar-refractivity contribution >= 4 is 51.9 Å². The maximum Gasteiger partial charge on any atom is 0.266 e. The number of phenols is 3. The maximum atomic E-state index is 12.6. The van der Waals surface area contributed by atoms with Gasteiger partial charge < -0.3 is 20.6 Å². The lowest BCUT2D eigenvalue weighted by molar-refractivity contribution is -0.122. The van der Waals surface area contributed by atoms with E-state index in [-0.39, 0.29) is 35.5 Å². The molecule has 0 radical (unpaired) electrons. The van der Waals surface area contributed by atoms with Gasteiger partial charge in [0.15, 0.2) is 0 Å². The SMILES string of the molecule is O=C(CCCN1C(=O)/C(=C/c2ccc(O)cc2O)SC1=S)Nc1ccc(O)cc1. The summed E-state index contributed by atoms with van der Waals surface area (Å²) in [6.07, 6.45) is 2.15. The number of rotatable bonds is 6. The van der Waals surface area contributed by atoms with E-state index in [4.69, 9.17) is 12.2 Å². The molecule has 1 heterocycles. The lowest BCUT2D eigenvalue weighted by atomic mass is 10.1.